The molecule has 0 bridgehead atoms. The van der Waals surface area contributed by atoms with Crippen molar-refractivity contribution in [3.05, 3.63) is 114 Å². The van der Waals surface area contributed by atoms with Crippen molar-refractivity contribution in [3.8, 4) is 5.75 Å². The van der Waals surface area contributed by atoms with Crippen LogP contribution >= 0.6 is 0 Å². The van der Waals surface area contributed by atoms with E-state index in [4.69, 9.17) is 15.2 Å². The summed E-state index contributed by atoms with van der Waals surface area (Å²) in [7, 11) is 0. The molecule has 3 aromatic rings. The van der Waals surface area contributed by atoms with Crippen molar-refractivity contribution in [2.75, 3.05) is 13.2 Å². The first-order chi connectivity index (χ1) is 19.4. The predicted molar refractivity (Wildman–Crippen MR) is 154 cm³/mol. The first-order valence-electron chi connectivity index (χ1n) is 13.4. The average Bonchev–Trinajstić information content (AvgIpc) is 2.97. The maximum absolute atomic E-state index is 12.4. The van der Waals surface area contributed by atoms with Crippen molar-refractivity contribution in [3.63, 3.8) is 0 Å². The monoisotopic (exact) mass is 543 g/mol. The molecule has 0 radical (unpaired) electrons. The van der Waals surface area contributed by atoms with E-state index in [0.29, 0.717) is 32.4 Å². The number of carbonyl (C=O) groups is 3. The van der Waals surface area contributed by atoms with Gasteiger partial charge in [-0.15, -0.1) is 0 Å². The van der Waals surface area contributed by atoms with Crippen molar-refractivity contribution < 1.29 is 23.9 Å². The Labute approximate surface area is 235 Å². The van der Waals surface area contributed by atoms with Crippen LogP contribution in [0.3, 0.4) is 0 Å². The summed E-state index contributed by atoms with van der Waals surface area (Å²) in [6, 6.07) is 25.4. The maximum Gasteiger partial charge on any atom is 0.328 e. The van der Waals surface area contributed by atoms with Gasteiger partial charge in [0.2, 0.25) is 11.8 Å². The molecular formula is C32H37N3O5. The number of carbonyl (C=O) groups excluding carboxylic acids is 3. The SMILES string of the molecule is CCOC(=O)[C@H](Cc1ccccc1)NC(=O)/C=C/CCNC(=O)[C@@H](N)Cc1ccc(OCc2ccccc2)cc1. The number of rotatable bonds is 15. The van der Waals surface area contributed by atoms with Crippen LogP contribution in [0.2, 0.25) is 0 Å². The Kier molecular flexibility index (Phi) is 12.4. The van der Waals surface area contributed by atoms with Gasteiger partial charge >= 0.3 is 5.97 Å². The molecule has 3 rings (SSSR count). The van der Waals surface area contributed by atoms with Crippen molar-refractivity contribution in [2.24, 2.45) is 5.73 Å². The number of ether oxygens (including phenoxy) is 2. The zero-order chi connectivity index (χ0) is 28.6. The van der Waals surface area contributed by atoms with E-state index in [1.165, 1.54) is 6.08 Å². The summed E-state index contributed by atoms with van der Waals surface area (Å²) in [5, 5.41) is 5.49. The van der Waals surface area contributed by atoms with Gasteiger partial charge in [-0.2, -0.15) is 0 Å². The molecule has 0 aliphatic carbocycles. The van der Waals surface area contributed by atoms with Gasteiger partial charge in [-0.25, -0.2) is 4.79 Å². The topological polar surface area (TPSA) is 120 Å². The predicted octanol–water partition coefficient (Wildman–Crippen LogP) is 3.49. The van der Waals surface area contributed by atoms with Crippen molar-refractivity contribution in [2.45, 2.75) is 44.9 Å². The lowest BCUT2D eigenvalue weighted by Crippen LogP contribution is -2.43. The molecule has 0 aliphatic heterocycles. The van der Waals surface area contributed by atoms with E-state index in [1.807, 2.05) is 84.9 Å². The van der Waals surface area contributed by atoms with Crippen LogP contribution in [-0.2, 0) is 38.6 Å². The fourth-order valence-electron chi connectivity index (χ4n) is 3.92. The standard InChI is InChI=1S/C32H37N3O5/c1-2-39-32(38)29(22-24-11-5-3-6-12-24)35-30(36)15-9-10-20-34-31(37)28(33)21-25-16-18-27(19-17-25)40-23-26-13-7-4-8-14-26/h3-9,11-19,28-29H,2,10,20-23,33H2,1H3,(H,34,37)(H,35,36)/b15-9+/t28-,29-/m0/s1. The molecule has 8 nitrogen and oxygen atoms in total. The summed E-state index contributed by atoms with van der Waals surface area (Å²) in [4.78, 5) is 37.1. The fraction of sp³-hybridized carbons (Fsp3) is 0.281. The van der Waals surface area contributed by atoms with Gasteiger partial charge in [0, 0.05) is 13.0 Å². The molecular weight excluding hydrogens is 506 g/mol. The lowest BCUT2D eigenvalue weighted by Gasteiger charge is -2.16. The molecule has 0 heterocycles. The van der Waals surface area contributed by atoms with Crippen LogP contribution in [0.15, 0.2) is 97.1 Å². The van der Waals surface area contributed by atoms with Gasteiger partial charge in [0.15, 0.2) is 0 Å². The Morgan fingerprint density at radius 1 is 0.850 bits per heavy atom. The molecule has 2 atom stereocenters. The van der Waals surface area contributed by atoms with Crippen LogP contribution in [0, 0.1) is 0 Å². The molecule has 0 aliphatic rings. The Bertz CT molecular complexity index is 1230. The van der Waals surface area contributed by atoms with Crippen LogP contribution in [0.25, 0.3) is 0 Å². The second-order valence-electron chi connectivity index (χ2n) is 9.21. The van der Waals surface area contributed by atoms with E-state index in [1.54, 1.807) is 13.0 Å². The highest BCUT2D eigenvalue weighted by Gasteiger charge is 2.21. The Morgan fingerprint density at radius 2 is 1.48 bits per heavy atom. The van der Waals surface area contributed by atoms with E-state index >= 15 is 0 Å². The second kappa shape index (κ2) is 16.5. The third-order valence-electron chi connectivity index (χ3n) is 6.01. The summed E-state index contributed by atoms with van der Waals surface area (Å²) < 4.78 is 10.9. The quantitative estimate of drug-likeness (QED) is 0.153. The number of benzene rings is 3. The van der Waals surface area contributed by atoms with Crippen molar-refractivity contribution in [1.29, 1.82) is 0 Å². The average molecular weight is 544 g/mol. The van der Waals surface area contributed by atoms with E-state index in [0.717, 1.165) is 22.4 Å². The molecule has 0 saturated heterocycles. The third kappa shape index (κ3) is 10.7. The van der Waals surface area contributed by atoms with Gasteiger partial charge < -0.3 is 25.8 Å². The van der Waals surface area contributed by atoms with E-state index < -0.39 is 24.0 Å². The van der Waals surface area contributed by atoms with Gasteiger partial charge in [0.05, 0.1) is 12.6 Å². The van der Waals surface area contributed by atoms with Crippen molar-refractivity contribution in [1.82, 2.24) is 10.6 Å². The minimum Gasteiger partial charge on any atom is -0.489 e. The summed E-state index contributed by atoms with van der Waals surface area (Å²) >= 11 is 0. The molecule has 0 saturated carbocycles. The molecule has 0 unspecified atom stereocenters. The first-order valence-corrected chi connectivity index (χ1v) is 13.4. The van der Waals surface area contributed by atoms with Crippen molar-refractivity contribution >= 4 is 17.8 Å². The highest BCUT2D eigenvalue weighted by molar-refractivity contribution is 5.91. The van der Waals surface area contributed by atoms with E-state index in [2.05, 4.69) is 10.6 Å². The molecule has 0 fully saturated rings. The van der Waals surface area contributed by atoms with Crippen LogP contribution < -0.4 is 21.1 Å². The van der Waals surface area contributed by atoms with Crippen LogP contribution in [0.5, 0.6) is 5.75 Å². The molecule has 0 aromatic heterocycles. The molecule has 0 spiro atoms. The van der Waals surface area contributed by atoms with Crippen LogP contribution in [0.1, 0.15) is 30.0 Å². The number of nitrogens with two attached hydrogens (primary N) is 1. The van der Waals surface area contributed by atoms with Gasteiger partial charge in [-0.1, -0.05) is 78.9 Å². The molecule has 8 heteroatoms. The number of hydrogen-bond donors (Lipinski definition) is 3. The van der Waals surface area contributed by atoms with Crippen LogP contribution in [-0.4, -0.2) is 43.0 Å². The molecule has 210 valence electrons. The zero-order valence-electron chi connectivity index (χ0n) is 22.8. The highest BCUT2D eigenvalue weighted by Crippen LogP contribution is 2.15. The minimum absolute atomic E-state index is 0.228. The van der Waals surface area contributed by atoms with E-state index in [9.17, 15) is 14.4 Å². The number of amides is 2. The molecule has 3 aromatic carbocycles. The molecule has 4 N–H and O–H groups in total. The maximum atomic E-state index is 12.4. The summed E-state index contributed by atoms with van der Waals surface area (Å²) in [6.07, 6.45) is 4.14. The summed E-state index contributed by atoms with van der Waals surface area (Å²) in [5.41, 5.74) is 9.02. The molecule has 2 amide bonds. The third-order valence-corrected chi connectivity index (χ3v) is 6.01. The normalized spacial score (nSPS) is 12.3. The van der Waals surface area contributed by atoms with E-state index in [-0.39, 0.29) is 12.5 Å². The number of hydrogen-bond acceptors (Lipinski definition) is 6. The highest BCUT2D eigenvalue weighted by atomic mass is 16.5. The largest absolute Gasteiger partial charge is 0.489 e. The minimum atomic E-state index is -0.790. The summed E-state index contributed by atoms with van der Waals surface area (Å²) in [5.74, 6) is -0.417. The van der Waals surface area contributed by atoms with Crippen LogP contribution in [0.4, 0.5) is 0 Å². The smallest absolute Gasteiger partial charge is 0.328 e. The summed E-state index contributed by atoms with van der Waals surface area (Å²) in [6.45, 7) is 2.76. The van der Waals surface area contributed by atoms with Gasteiger partial charge in [0.25, 0.3) is 0 Å². The fourth-order valence-corrected chi connectivity index (χ4v) is 3.92. The van der Waals surface area contributed by atoms with Gasteiger partial charge in [-0.3, -0.25) is 9.59 Å². The van der Waals surface area contributed by atoms with Gasteiger partial charge in [-0.05, 0) is 54.7 Å². The lowest BCUT2D eigenvalue weighted by molar-refractivity contribution is -0.147. The number of esters is 1. The Balaban J connectivity index is 1.37. The Hall–Kier alpha value is -4.43. The molecule has 40 heavy (non-hydrogen) atoms. The first kappa shape index (κ1) is 30.1. The number of nitrogens with one attached hydrogen (secondary N) is 2. The second-order valence-corrected chi connectivity index (χ2v) is 9.21. The van der Waals surface area contributed by atoms with Gasteiger partial charge in [0.1, 0.15) is 18.4 Å². The zero-order valence-corrected chi connectivity index (χ0v) is 22.8. The Morgan fingerprint density at radius 3 is 2.12 bits per heavy atom. The lowest BCUT2D eigenvalue weighted by atomic mass is 10.1.